The molecule has 0 aromatic carbocycles. The van der Waals surface area contributed by atoms with E-state index in [1.807, 2.05) is 10.3 Å². The Balaban J connectivity index is 0.00000144. The topological polar surface area (TPSA) is 46.3 Å². The third-order valence-corrected chi connectivity index (χ3v) is 4.54. The largest absolute Gasteiger partial charge is 0.341 e. The summed E-state index contributed by atoms with van der Waals surface area (Å²) in [5, 5.41) is 2.05. The van der Waals surface area contributed by atoms with Crippen molar-refractivity contribution >= 4 is 45.6 Å². The summed E-state index contributed by atoms with van der Waals surface area (Å²) in [5.41, 5.74) is 5.78. The first-order valence-electron chi connectivity index (χ1n) is 5.41. The summed E-state index contributed by atoms with van der Waals surface area (Å²) < 4.78 is 1.10. The van der Waals surface area contributed by atoms with E-state index in [9.17, 15) is 4.79 Å². The molecule has 0 aliphatic carbocycles. The van der Waals surface area contributed by atoms with Gasteiger partial charge in [0.1, 0.15) is 0 Å². The number of halogens is 2. The molecule has 1 aromatic rings. The second-order valence-electron chi connectivity index (χ2n) is 4.12. The molecular formula is C11H16BrClN2OS. The summed E-state index contributed by atoms with van der Waals surface area (Å²) >= 11 is 5.10. The summed E-state index contributed by atoms with van der Waals surface area (Å²) in [5.74, 6) is 0.234. The lowest BCUT2D eigenvalue weighted by atomic mass is 10.2. The summed E-state index contributed by atoms with van der Waals surface area (Å²) in [6.07, 6.45) is 2.37. The molecular weight excluding hydrogens is 324 g/mol. The first kappa shape index (κ1) is 15.0. The van der Waals surface area contributed by atoms with E-state index >= 15 is 0 Å². The van der Waals surface area contributed by atoms with E-state index in [-0.39, 0.29) is 24.4 Å². The van der Waals surface area contributed by atoms with Crippen molar-refractivity contribution in [3.05, 3.63) is 20.8 Å². The van der Waals surface area contributed by atoms with Crippen LogP contribution in [0, 0.1) is 0 Å². The highest BCUT2D eigenvalue weighted by molar-refractivity contribution is 9.10. The monoisotopic (exact) mass is 338 g/mol. The summed E-state index contributed by atoms with van der Waals surface area (Å²) in [6.45, 7) is 1.56. The van der Waals surface area contributed by atoms with Gasteiger partial charge in [0.05, 0.1) is 0 Å². The van der Waals surface area contributed by atoms with Gasteiger partial charge in [-0.1, -0.05) is 0 Å². The molecule has 1 saturated heterocycles. The molecule has 1 atom stereocenters. The number of carbonyl (C=O) groups excluding carboxylic acids is 1. The molecule has 0 saturated carbocycles. The molecule has 1 amide bonds. The van der Waals surface area contributed by atoms with Gasteiger partial charge in [0.2, 0.25) is 5.91 Å². The Kier molecular flexibility index (Phi) is 5.92. The summed E-state index contributed by atoms with van der Waals surface area (Å²) in [7, 11) is 0. The zero-order valence-corrected chi connectivity index (χ0v) is 12.6. The number of likely N-dealkylation sites (tertiary alicyclic amines) is 1. The van der Waals surface area contributed by atoms with E-state index in [4.69, 9.17) is 5.73 Å². The van der Waals surface area contributed by atoms with Gasteiger partial charge in [-0.15, -0.1) is 23.7 Å². The Hall–Kier alpha value is -0.100. The number of nitrogens with zero attached hydrogens (tertiary/aromatic N) is 1. The van der Waals surface area contributed by atoms with Crippen LogP contribution in [0.1, 0.15) is 17.7 Å². The number of nitrogens with two attached hydrogens (primary N) is 1. The molecule has 3 nitrogen and oxygen atoms in total. The normalized spacial score (nSPS) is 19.2. The molecule has 6 heteroatoms. The lowest BCUT2D eigenvalue weighted by molar-refractivity contribution is -0.130. The fourth-order valence-electron chi connectivity index (χ4n) is 1.89. The minimum absolute atomic E-state index is 0. The molecule has 1 aliphatic heterocycles. The first-order chi connectivity index (χ1) is 7.65. The van der Waals surface area contributed by atoms with Crippen LogP contribution in [0.15, 0.2) is 15.9 Å². The van der Waals surface area contributed by atoms with E-state index < -0.39 is 0 Å². The average Bonchev–Trinajstić information content (AvgIpc) is 2.84. The van der Waals surface area contributed by atoms with Crippen molar-refractivity contribution in [1.82, 2.24) is 4.90 Å². The van der Waals surface area contributed by atoms with E-state index in [0.29, 0.717) is 6.42 Å². The fourth-order valence-corrected chi connectivity index (χ4v) is 3.34. The van der Waals surface area contributed by atoms with Crippen LogP contribution in [0.2, 0.25) is 0 Å². The van der Waals surface area contributed by atoms with Gasteiger partial charge >= 0.3 is 0 Å². The van der Waals surface area contributed by atoms with E-state index in [0.717, 1.165) is 30.4 Å². The molecule has 0 radical (unpaired) electrons. The zero-order chi connectivity index (χ0) is 11.5. The lowest BCUT2D eigenvalue weighted by Crippen LogP contribution is -2.31. The number of amides is 1. The fraction of sp³-hybridized carbons (Fsp3) is 0.545. The number of thiophene rings is 1. The average molecular weight is 340 g/mol. The van der Waals surface area contributed by atoms with Crippen LogP contribution < -0.4 is 5.73 Å². The van der Waals surface area contributed by atoms with Gasteiger partial charge in [-0.25, -0.2) is 0 Å². The van der Waals surface area contributed by atoms with Gasteiger partial charge in [0.25, 0.3) is 0 Å². The highest BCUT2D eigenvalue weighted by Crippen LogP contribution is 2.21. The Labute approximate surface area is 120 Å². The Morgan fingerprint density at radius 3 is 2.94 bits per heavy atom. The van der Waals surface area contributed by atoms with Crippen molar-refractivity contribution in [2.45, 2.75) is 25.3 Å². The Morgan fingerprint density at radius 2 is 2.41 bits per heavy atom. The predicted octanol–water partition coefficient (Wildman–Crippen LogP) is 2.42. The lowest BCUT2D eigenvalue weighted by Gasteiger charge is -2.15. The van der Waals surface area contributed by atoms with Crippen LogP contribution in [0.4, 0.5) is 0 Å². The molecule has 0 unspecified atom stereocenters. The van der Waals surface area contributed by atoms with Crippen LogP contribution in [0.3, 0.4) is 0 Å². The van der Waals surface area contributed by atoms with Gasteiger partial charge in [-0.05, 0) is 34.8 Å². The van der Waals surface area contributed by atoms with Crippen LogP contribution in [-0.2, 0) is 11.2 Å². The smallest absolute Gasteiger partial charge is 0.222 e. The molecule has 17 heavy (non-hydrogen) atoms. The standard InChI is InChI=1S/C11H15BrN2OS.ClH/c12-8-5-10(16-7-8)1-2-11(15)14-4-3-9(13)6-14;/h5,7,9H,1-4,6,13H2;1H/t9-;/m1./s1. The van der Waals surface area contributed by atoms with Gasteiger partial charge < -0.3 is 10.6 Å². The zero-order valence-electron chi connectivity index (χ0n) is 9.39. The molecule has 2 N–H and O–H groups in total. The highest BCUT2D eigenvalue weighted by atomic mass is 79.9. The van der Waals surface area contributed by atoms with E-state index in [2.05, 4.69) is 22.0 Å². The maximum Gasteiger partial charge on any atom is 0.222 e. The Morgan fingerprint density at radius 1 is 1.65 bits per heavy atom. The minimum Gasteiger partial charge on any atom is -0.341 e. The number of rotatable bonds is 3. The first-order valence-corrected chi connectivity index (χ1v) is 7.08. The number of hydrogen-bond acceptors (Lipinski definition) is 3. The Bertz CT molecular complexity index is 385. The van der Waals surface area contributed by atoms with E-state index in [1.54, 1.807) is 11.3 Å². The minimum atomic E-state index is 0. The van der Waals surface area contributed by atoms with Crippen LogP contribution in [-0.4, -0.2) is 29.9 Å². The third-order valence-electron chi connectivity index (χ3n) is 2.78. The van der Waals surface area contributed by atoms with Crippen molar-refractivity contribution in [3.8, 4) is 0 Å². The molecule has 2 heterocycles. The summed E-state index contributed by atoms with van der Waals surface area (Å²) in [6, 6.07) is 2.26. The van der Waals surface area contributed by atoms with Crippen molar-refractivity contribution in [3.63, 3.8) is 0 Å². The van der Waals surface area contributed by atoms with Gasteiger partial charge in [-0.2, -0.15) is 0 Å². The van der Waals surface area contributed by atoms with Crippen molar-refractivity contribution < 1.29 is 4.79 Å². The van der Waals surface area contributed by atoms with Gasteiger partial charge in [0.15, 0.2) is 0 Å². The van der Waals surface area contributed by atoms with Crippen molar-refractivity contribution in [1.29, 1.82) is 0 Å². The number of aryl methyl sites for hydroxylation is 1. The number of hydrogen-bond donors (Lipinski definition) is 1. The second-order valence-corrected chi connectivity index (χ2v) is 6.03. The van der Waals surface area contributed by atoms with Crippen molar-refractivity contribution in [2.24, 2.45) is 5.73 Å². The quantitative estimate of drug-likeness (QED) is 0.919. The maximum absolute atomic E-state index is 11.8. The summed E-state index contributed by atoms with van der Waals surface area (Å²) in [4.78, 5) is 15.0. The number of carbonyl (C=O) groups is 1. The van der Waals surface area contributed by atoms with Crippen LogP contribution in [0.5, 0.6) is 0 Å². The van der Waals surface area contributed by atoms with Crippen LogP contribution in [0.25, 0.3) is 0 Å². The molecule has 96 valence electrons. The second kappa shape index (κ2) is 6.73. The van der Waals surface area contributed by atoms with Crippen LogP contribution >= 0.6 is 39.7 Å². The van der Waals surface area contributed by atoms with Gasteiger partial charge in [-0.3, -0.25) is 4.79 Å². The van der Waals surface area contributed by atoms with E-state index in [1.165, 1.54) is 4.88 Å². The molecule has 1 aliphatic rings. The SMILES string of the molecule is Cl.N[C@@H]1CCN(C(=O)CCc2cc(Br)cs2)C1. The van der Waals surface area contributed by atoms with Gasteiger partial charge in [0, 0.05) is 40.3 Å². The molecule has 0 bridgehead atoms. The predicted molar refractivity (Wildman–Crippen MR) is 76.8 cm³/mol. The highest BCUT2D eigenvalue weighted by Gasteiger charge is 2.22. The van der Waals surface area contributed by atoms with Crippen molar-refractivity contribution in [2.75, 3.05) is 13.1 Å². The molecule has 1 aromatic heterocycles. The molecule has 1 fully saturated rings. The maximum atomic E-state index is 11.8. The molecule has 2 rings (SSSR count). The molecule has 0 spiro atoms. The third kappa shape index (κ3) is 4.25.